The van der Waals surface area contributed by atoms with Gasteiger partial charge in [-0.2, -0.15) is 13.7 Å². The second-order valence-electron chi connectivity index (χ2n) is 9.16. The Morgan fingerprint density at radius 1 is 1.06 bits per heavy atom. The molecule has 1 unspecified atom stereocenters. The summed E-state index contributed by atoms with van der Waals surface area (Å²) in [5.74, 6) is 0. The number of hydrogen-bond donors (Lipinski definition) is 2. The number of carbonyl (C=O) groups is 1. The predicted octanol–water partition coefficient (Wildman–Crippen LogP) is 4.06. The number of carbonyl (C=O) groups excluding carboxylic acids is 1. The lowest BCUT2D eigenvalue weighted by atomic mass is 10.0. The van der Waals surface area contributed by atoms with E-state index < -0.39 is 10.3 Å². The van der Waals surface area contributed by atoms with E-state index in [1.165, 1.54) is 0 Å². The summed E-state index contributed by atoms with van der Waals surface area (Å²) >= 11 is 0. The Balaban J connectivity index is 1.56. The molecule has 0 aromatic heterocycles. The Labute approximate surface area is 207 Å². The van der Waals surface area contributed by atoms with Crippen molar-refractivity contribution in [1.29, 1.82) is 5.26 Å². The first kappa shape index (κ1) is 24.6. The molecule has 1 aliphatic carbocycles. The molecular weight excluding hydrogens is 462 g/mol. The predicted molar refractivity (Wildman–Crippen MR) is 139 cm³/mol. The van der Waals surface area contributed by atoms with Gasteiger partial charge in [-0.1, -0.05) is 43.9 Å². The number of nitrogens with two attached hydrogens (primary N) is 1. The smallest absolute Gasteiger partial charge is 0.322 e. The van der Waals surface area contributed by atoms with Crippen molar-refractivity contribution >= 4 is 38.4 Å². The van der Waals surface area contributed by atoms with Crippen molar-refractivity contribution in [2.45, 2.75) is 63.5 Å². The number of para-hydroxylation sites is 2. The van der Waals surface area contributed by atoms with Crippen LogP contribution in [0.4, 0.5) is 21.9 Å². The van der Waals surface area contributed by atoms with Crippen LogP contribution in [-0.4, -0.2) is 38.1 Å². The third-order valence-electron chi connectivity index (χ3n) is 6.83. The fourth-order valence-corrected chi connectivity index (χ4v) is 5.79. The second-order valence-corrected chi connectivity index (χ2v) is 10.1. The molecule has 9 heteroatoms. The van der Waals surface area contributed by atoms with E-state index in [2.05, 4.69) is 11.4 Å². The second kappa shape index (κ2) is 11.3. The van der Waals surface area contributed by atoms with E-state index >= 15 is 0 Å². The van der Waals surface area contributed by atoms with Crippen LogP contribution in [0.5, 0.6) is 0 Å². The lowest BCUT2D eigenvalue weighted by Gasteiger charge is -2.37. The number of rotatable bonds is 4. The Morgan fingerprint density at radius 2 is 1.80 bits per heavy atom. The maximum absolute atomic E-state index is 13.6. The van der Waals surface area contributed by atoms with Crippen LogP contribution >= 0.6 is 0 Å². The standard InChI is InChI=1S/C26H31N5O3S/c27-18-19-8-7-11-22(16-19)31(21-9-3-1-2-4-10-21)26(32)29-20-14-15-30(25(17-20)35(33)34)24-13-6-5-12-23(24)28/h5-8,11-13,16,20-21H,1-4,9-10,14-15,17,28H2,(H,29,32). The largest absolute Gasteiger partial charge is 0.397 e. The highest BCUT2D eigenvalue weighted by Crippen LogP contribution is 2.29. The zero-order valence-electron chi connectivity index (χ0n) is 19.7. The highest BCUT2D eigenvalue weighted by Gasteiger charge is 2.32. The minimum atomic E-state index is -2.45. The summed E-state index contributed by atoms with van der Waals surface area (Å²) in [6.07, 6.45) is 6.98. The summed E-state index contributed by atoms with van der Waals surface area (Å²) in [4.78, 5) is 17.4. The highest BCUT2D eigenvalue weighted by molar-refractivity contribution is 7.73. The molecule has 1 saturated carbocycles. The van der Waals surface area contributed by atoms with Crippen molar-refractivity contribution in [1.82, 2.24) is 5.32 Å². The molecule has 2 fully saturated rings. The van der Waals surface area contributed by atoms with Crippen LogP contribution in [0.1, 0.15) is 56.9 Å². The Morgan fingerprint density at radius 3 is 2.49 bits per heavy atom. The maximum Gasteiger partial charge on any atom is 0.322 e. The first-order valence-corrected chi connectivity index (χ1v) is 13.2. The van der Waals surface area contributed by atoms with Crippen molar-refractivity contribution in [3.8, 4) is 6.07 Å². The number of nitrogen functional groups attached to an aromatic ring is 1. The summed E-state index contributed by atoms with van der Waals surface area (Å²) in [6.45, 7) is 0.426. The molecule has 8 nitrogen and oxygen atoms in total. The summed E-state index contributed by atoms with van der Waals surface area (Å²) in [5, 5.41) is 12.5. The van der Waals surface area contributed by atoms with Gasteiger partial charge in [0.05, 0.1) is 23.0 Å². The van der Waals surface area contributed by atoms with Gasteiger partial charge >= 0.3 is 6.03 Å². The van der Waals surface area contributed by atoms with Gasteiger partial charge in [-0.15, -0.1) is 0 Å². The lowest BCUT2D eigenvalue weighted by Crippen LogP contribution is -2.53. The topological polar surface area (TPSA) is 120 Å². The van der Waals surface area contributed by atoms with Gasteiger partial charge in [0.1, 0.15) is 4.99 Å². The normalized spacial score (nSPS) is 18.9. The molecule has 0 bridgehead atoms. The van der Waals surface area contributed by atoms with Gasteiger partial charge in [-0.05, 0) is 49.6 Å². The number of amides is 2. The summed E-state index contributed by atoms with van der Waals surface area (Å²) < 4.78 is 24.2. The molecule has 1 atom stereocenters. The van der Waals surface area contributed by atoms with Crippen molar-refractivity contribution < 1.29 is 13.2 Å². The van der Waals surface area contributed by atoms with E-state index in [9.17, 15) is 18.5 Å². The number of benzene rings is 2. The molecule has 1 saturated heterocycles. The molecule has 2 aromatic carbocycles. The van der Waals surface area contributed by atoms with E-state index in [0.29, 0.717) is 35.6 Å². The van der Waals surface area contributed by atoms with Gasteiger partial charge in [-0.3, -0.25) is 4.90 Å². The molecule has 184 valence electrons. The van der Waals surface area contributed by atoms with Gasteiger partial charge in [0.25, 0.3) is 0 Å². The van der Waals surface area contributed by atoms with Crippen molar-refractivity contribution in [3.05, 3.63) is 54.1 Å². The lowest BCUT2D eigenvalue weighted by molar-refractivity contribution is 0.238. The van der Waals surface area contributed by atoms with Crippen LogP contribution in [0.15, 0.2) is 48.5 Å². The van der Waals surface area contributed by atoms with Crippen LogP contribution in [0, 0.1) is 11.3 Å². The molecular formula is C26H31N5O3S. The van der Waals surface area contributed by atoms with Crippen LogP contribution in [0.2, 0.25) is 0 Å². The van der Waals surface area contributed by atoms with Gasteiger partial charge in [0.2, 0.25) is 10.3 Å². The third kappa shape index (κ3) is 5.77. The minimum Gasteiger partial charge on any atom is -0.397 e. The van der Waals surface area contributed by atoms with Crippen molar-refractivity contribution in [2.75, 3.05) is 22.1 Å². The van der Waals surface area contributed by atoms with Crippen molar-refractivity contribution in [3.63, 3.8) is 0 Å². The van der Waals surface area contributed by atoms with Crippen LogP contribution in [-0.2, 0) is 10.3 Å². The fourth-order valence-electron chi connectivity index (χ4n) is 5.08. The summed E-state index contributed by atoms with van der Waals surface area (Å²) in [6, 6.07) is 15.9. The quantitative estimate of drug-likeness (QED) is 0.377. The Hall–Kier alpha value is -3.51. The Bertz CT molecular complexity index is 1240. The van der Waals surface area contributed by atoms with Crippen LogP contribution in [0.3, 0.4) is 0 Å². The molecule has 2 aromatic rings. The van der Waals surface area contributed by atoms with Gasteiger partial charge in [0.15, 0.2) is 0 Å². The molecule has 1 heterocycles. The zero-order valence-corrected chi connectivity index (χ0v) is 20.5. The zero-order chi connectivity index (χ0) is 24.8. The van der Waals surface area contributed by atoms with Crippen LogP contribution in [0.25, 0.3) is 0 Å². The number of nitriles is 1. The Kier molecular flexibility index (Phi) is 7.93. The molecule has 35 heavy (non-hydrogen) atoms. The average molecular weight is 494 g/mol. The third-order valence-corrected chi connectivity index (χ3v) is 7.60. The molecule has 3 N–H and O–H groups in total. The number of nitrogens with one attached hydrogen (secondary N) is 1. The fraction of sp³-hybridized carbons (Fsp3) is 0.423. The van der Waals surface area contributed by atoms with Gasteiger partial charge in [0, 0.05) is 30.7 Å². The summed E-state index contributed by atoms with van der Waals surface area (Å²) in [7, 11) is -2.45. The number of urea groups is 1. The highest BCUT2D eigenvalue weighted by atomic mass is 32.2. The molecule has 0 radical (unpaired) electrons. The van der Waals surface area contributed by atoms with E-state index in [1.54, 1.807) is 40.1 Å². The van der Waals surface area contributed by atoms with E-state index in [-0.39, 0.29) is 29.5 Å². The van der Waals surface area contributed by atoms with Crippen LogP contribution < -0.4 is 20.9 Å². The first-order chi connectivity index (χ1) is 17.0. The number of hydrogen-bond acceptors (Lipinski definition) is 5. The van der Waals surface area contributed by atoms with Crippen molar-refractivity contribution in [2.24, 2.45) is 0 Å². The molecule has 0 spiro atoms. The molecule has 2 aliphatic rings. The average Bonchev–Trinajstić information content (AvgIpc) is 3.14. The van der Waals surface area contributed by atoms with E-state index in [1.807, 2.05) is 18.2 Å². The van der Waals surface area contributed by atoms with Gasteiger partial charge < -0.3 is 16.0 Å². The maximum atomic E-state index is 13.6. The molecule has 1 aliphatic heterocycles. The SMILES string of the molecule is N#Cc1cccc(N(C(=O)NC2CCN(c3ccccc3N)C(=S(=O)=O)C2)C2CCCCCC2)c1. The summed E-state index contributed by atoms with van der Waals surface area (Å²) in [5.41, 5.74) is 8.46. The van der Waals surface area contributed by atoms with Gasteiger partial charge in [-0.25, -0.2) is 4.79 Å². The van der Waals surface area contributed by atoms with E-state index in [0.717, 1.165) is 38.5 Å². The first-order valence-electron chi connectivity index (χ1n) is 12.1. The number of piperidine rings is 1. The number of anilines is 3. The molecule has 2 amide bonds. The monoisotopic (exact) mass is 493 g/mol. The van der Waals surface area contributed by atoms with E-state index in [4.69, 9.17) is 5.73 Å². The molecule has 4 rings (SSSR count). The number of nitrogens with zero attached hydrogens (tertiary/aromatic N) is 3. The minimum absolute atomic E-state index is 0.0349.